The van der Waals surface area contributed by atoms with Gasteiger partial charge in [-0.1, -0.05) is 12.1 Å². The van der Waals surface area contributed by atoms with Crippen molar-refractivity contribution in [3.8, 4) is 0 Å². The highest BCUT2D eigenvalue weighted by atomic mass is 19.1. The fraction of sp³-hybridized carbons (Fsp3) is 0.571. The number of likely N-dealkylation sites (tertiary alicyclic amines) is 1. The summed E-state index contributed by atoms with van der Waals surface area (Å²) in [5.41, 5.74) is 6.40. The number of nitrogens with two attached hydrogens (primary N) is 1. The molecule has 3 N–H and O–H groups in total. The Morgan fingerprint density at radius 1 is 1.28 bits per heavy atom. The van der Waals surface area contributed by atoms with Gasteiger partial charge in [0.1, 0.15) is 5.82 Å². The van der Waals surface area contributed by atoms with E-state index in [1.165, 1.54) is 12.1 Å². The number of carbonyl (C=O) groups excluding carboxylic acids is 2. The van der Waals surface area contributed by atoms with Gasteiger partial charge in [-0.05, 0) is 50.8 Å². The number of halogens is 1. The number of hydrogen-bond acceptors (Lipinski definition) is 4. The summed E-state index contributed by atoms with van der Waals surface area (Å²) in [5, 5.41) is 3.25. The lowest BCUT2D eigenvalue weighted by atomic mass is 9.97. The molecule has 1 heterocycles. The van der Waals surface area contributed by atoms with Gasteiger partial charge in [0.2, 0.25) is 5.91 Å². The van der Waals surface area contributed by atoms with Gasteiger partial charge in [0.15, 0.2) is 5.96 Å². The number of hydrogen-bond donors (Lipinski definition) is 2. The van der Waals surface area contributed by atoms with Gasteiger partial charge in [-0.15, -0.1) is 0 Å². The second kappa shape index (κ2) is 11.4. The second-order valence-electron chi connectivity index (χ2n) is 7.14. The van der Waals surface area contributed by atoms with Gasteiger partial charge in [-0.2, -0.15) is 0 Å². The topological polar surface area (TPSA) is 97.0 Å². The first kappa shape index (κ1) is 22.6. The van der Waals surface area contributed by atoms with Crippen molar-refractivity contribution in [1.29, 1.82) is 0 Å². The van der Waals surface area contributed by atoms with Crippen LogP contribution in [0.5, 0.6) is 0 Å². The number of nitrogens with one attached hydrogen (secondary N) is 1. The summed E-state index contributed by atoms with van der Waals surface area (Å²) in [6.07, 6.45) is 1.82. The van der Waals surface area contributed by atoms with Crippen molar-refractivity contribution in [3.63, 3.8) is 0 Å². The number of guanidine groups is 1. The van der Waals surface area contributed by atoms with Crippen molar-refractivity contribution in [1.82, 2.24) is 10.2 Å². The molecule has 1 aliphatic rings. The summed E-state index contributed by atoms with van der Waals surface area (Å²) in [6.45, 7) is 6.49. The van der Waals surface area contributed by atoms with Crippen LogP contribution in [0, 0.1) is 17.7 Å². The monoisotopic (exact) mass is 406 g/mol. The van der Waals surface area contributed by atoms with Gasteiger partial charge in [0.05, 0.1) is 25.0 Å². The van der Waals surface area contributed by atoms with Gasteiger partial charge >= 0.3 is 5.97 Å². The van der Waals surface area contributed by atoms with Gasteiger partial charge < -0.3 is 20.7 Å². The maximum atomic E-state index is 13.1. The lowest BCUT2D eigenvalue weighted by Gasteiger charge is -2.33. The molecule has 7 nitrogen and oxygen atoms in total. The number of benzene rings is 1. The lowest BCUT2D eigenvalue weighted by Crippen LogP contribution is -2.47. The third-order valence-corrected chi connectivity index (χ3v) is 5.01. The van der Waals surface area contributed by atoms with E-state index in [0.717, 1.165) is 5.56 Å². The van der Waals surface area contributed by atoms with Crippen LogP contribution in [-0.4, -0.2) is 55.5 Å². The summed E-state index contributed by atoms with van der Waals surface area (Å²) in [6, 6.07) is 6.05. The van der Waals surface area contributed by atoms with E-state index in [9.17, 15) is 14.0 Å². The van der Waals surface area contributed by atoms with Crippen molar-refractivity contribution >= 4 is 17.8 Å². The summed E-state index contributed by atoms with van der Waals surface area (Å²) in [7, 11) is 0. The number of ether oxygens (including phenoxy) is 1. The zero-order chi connectivity index (χ0) is 21.2. The number of piperidine rings is 1. The molecule has 0 spiro atoms. The molecule has 1 amide bonds. The predicted molar refractivity (Wildman–Crippen MR) is 110 cm³/mol. The molecule has 1 aromatic carbocycles. The molecule has 160 valence electrons. The smallest absolute Gasteiger partial charge is 0.309 e. The van der Waals surface area contributed by atoms with Crippen LogP contribution in [0.1, 0.15) is 32.3 Å². The molecule has 0 aromatic heterocycles. The van der Waals surface area contributed by atoms with E-state index >= 15 is 0 Å². The van der Waals surface area contributed by atoms with Crippen molar-refractivity contribution < 1.29 is 18.7 Å². The van der Waals surface area contributed by atoms with Crippen molar-refractivity contribution in [2.75, 3.05) is 32.8 Å². The van der Waals surface area contributed by atoms with Crippen LogP contribution in [0.15, 0.2) is 29.3 Å². The van der Waals surface area contributed by atoms with Gasteiger partial charge in [0.25, 0.3) is 0 Å². The summed E-state index contributed by atoms with van der Waals surface area (Å²) >= 11 is 0. The molecule has 1 fully saturated rings. The number of primary amides is 1. The number of carbonyl (C=O) groups is 2. The molecule has 1 aliphatic heterocycles. The third-order valence-electron chi connectivity index (χ3n) is 5.01. The van der Waals surface area contributed by atoms with Crippen LogP contribution < -0.4 is 11.1 Å². The molecule has 8 heteroatoms. The van der Waals surface area contributed by atoms with E-state index in [1.807, 2.05) is 13.8 Å². The Kier molecular flexibility index (Phi) is 8.89. The van der Waals surface area contributed by atoms with E-state index in [0.29, 0.717) is 51.5 Å². The molecule has 1 atom stereocenters. The fourth-order valence-corrected chi connectivity index (χ4v) is 3.37. The van der Waals surface area contributed by atoms with E-state index in [1.54, 1.807) is 12.1 Å². The molecule has 1 unspecified atom stereocenters. The maximum absolute atomic E-state index is 13.1. The highest BCUT2D eigenvalue weighted by Gasteiger charge is 2.27. The van der Waals surface area contributed by atoms with Gasteiger partial charge in [-0.3, -0.25) is 14.6 Å². The molecule has 0 radical (unpaired) electrons. The standard InChI is InChI=1S/C21H31FN4O3/c1-3-24-21(26-11-9-16(10-12-26)20(28)29-4-2)25-14-17(19(23)27)13-15-5-7-18(22)8-6-15/h5-8,16-17H,3-4,9-14H2,1-2H3,(H2,23,27)(H,24,25). The lowest BCUT2D eigenvalue weighted by molar-refractivity contribution is -0.149. The van der Waals surface area contributed by atoms with Crippen molar-refractivity contribution in [2.24, 2.45) is 22.6 Å². The highest BCUT2D eigenvalue weighted by molar-refractivity contribution is 5.82. The Hall–Kier alpha value is -2.64. The average molecular weight is 407 g/mol. The molecule has 1 saturated heterocycles. The SMILES string of the molecule is CCNC(=NCC(Cc1ccc(F)cc1)C(N)=O)N1CCC(C(=O)OCC)CC1. The largest absolute Gasteiger partial charge is 0.466 e. The molecule has 1 aromatic rings. The Balaban J connectivity index is 2.00. The minimum Gasteiger partial charge on any atom is -0.466 e. The first-order valence-corrected chi connectivity index (χ1v) is 10.2. The van der Waals surface area contributed by atoms with Crippen LogP contribution >= 0.6 is 0 Å². The second-order valence-corrected chi connectivity index (χ2v) is 7.14. The van der Waals surface area contributed by atoms with E-state index < -0.39 is 11.8 Å². The highest BCUT2D eigenvalue weighted by Crippen LogP contribution is 2.19. The molecular formula is C21H31FN4O3. The molecule has 2 rings (SSSR count). The van der Waals surface area contributed by atoms with Crippen molar-refractivity contribution in [2.45, 2.75) is 33.1 Å². The van der Waals surface area contributed by atoms with E-state index in [4.69, 9.17) is 10.5 Å². The van der Waals surface area contributed by atoms with Crippen LogP contribution in [0.25, 0.3) is 0 Å². The normalized spacial score (nSPS) is 16.4. The van der Waals surface area contributed by atoms with Gasteiger partial charge in [0, 0.05) is 19.6 Å². The number of nitrogens with zero attached hydrogens (tertiary/aromatic N) is 2. The average Bonchev–Trinajstić information content (AvgIpc) is 2.71. The molecular weight excluding hydrogens is 375 g/mol. The summed E-state index contributed by atoms with van der Waals surface area (Å²) in [4.78, 5) is 30.5. The first-order chi connectivity index (χ1) is 13.9. The quantitative estimate of drug-likeness (QED) is 0.389. The molecule has 29 heavy (non-hydrogen) atoms. The van der Waals surface area contributed by atoms with Crippen LogP contribution in [0.4, 0.5) is 4.39 Å². The van der Waals surface area contributed by atoms with E-state index in [2.05, 4.69) is 15.2 Å². The van der Waals surface area contributed by atoms with Crippen LogP contribution in [0.2, 0.25) is 0 Å². The minimum atomic E-state index is -0.480. The Bertz CT molecular complexity index is 700. The number of amides is 1. The summed E-state index contributed by atoms with van der Waals surface area (Å²) in [5.74, 6) is -0.738. The third kappa shape index (κ3) is 7.03. The molecule has 0 saturated carbocycles. The Morgan fingerprint density at radius 3 is 2.48 bits per heavy atom. The first-order valence-electron chi connectivity index (χ1n) is 10.2. The zero-order valence-electron chi connectivity index (χ0n) is 17.2. The fourth-order valence-electron chi connectivity index (χ4n) is 3.37. The maximum Gasteiger partial charge on any atom is 0.309 e. The van der Waals surface area contributed by atoms with Gasteiger partial charge in [-0.25, -0.2) is 4.39 Å². The number of aliphatic imine (C=N–C) groups is 1. The Morgan fingerprint density at radius 2 is 1.93 bits per heavy atom. The van der Waals surface area contributed by atoms with Crippen LogP contribution in [0.3, 0.4) is 0 Å². The van der Waals surface area contributed by atoms with Crippen LogP contribution in [-0.2, 0) is 20.7 Å². The van der Waals surface area contributed by atoms with E-state index in [-0.39, 0.29) is 24.2 Å². The molecule has 0 bridgehead atoms. The summed E-state index contributed by atoms with van der Waals surface area (Å²) < 4.78 is 18.2. The van der Waals surface area contributed by atoms with Crippen molar-refractivity contribution in [3.05, 3.63) is 35.6 Å². The minimum absolute atomic E-state index is 0.0779. The zero-order valence-corrected chi connectivity index (χ0v) is 17.2. The number of rotatable bonds is 8. The predicted octanol–water partition coefficient (Wildman–Crippen LogP) is 1.71. The number of esters is 1. The molecule has 0 aliphatic carbocycles. The Labute approximate surface area is 171 Å².